The minimum Gasteiger partial charge on any atom is -0.382 e. The number of ether oxygens (including phenoxy) is 1. The molecule has 1 aromatic carbocycles. The summed E-state index contributed by atoms with van der Waals surface area (Å²) in [5.74, 6) is 0.370. The molecule has 4 N–H and O–H groups in total. The largest absolute Gasteiger partial charge is 0.382 e. The Hall–Kier alpha value is -3.79. The maximum Gasteiger partial charge on any atom is 0.184 e. The van der Waals surface area contributed by atoms with Crippen molar-refractivity contribution in [3.8, 4) is 11.5 Å². The van der Waals surface area contributed by atoms with E-state index < -0.39 is 0 Å². The standard InChI is InChI=1S/C20H21FN8O/c1-28(11-30-2)16-17(22)25-19(26-18(16)23)15-13-7-5-9-24-20(13)29(27-15)10-12-6-3-4-8-14(12)21/h3-9H,10-11H2,1-2H3,(H4,22,23,25,26). The average molecular weight is 408 g/mol. The molecule has 9 nitrogen and oxygen atoms in total. The van der Waals surface area contributed by atoms with Crippen LogP contribution in [0, 0.1) is 5.82 Å². The Kier molecular flexibility index (Phi) is 5.15. The van der Waals surface area contributed by atoms with Crippen molar-refractivity contribution in [2.75, 3.05) is 37.3 Å². The van der Waals surface area contributed by atoms with Crippen LogP contribution in [0.15, 0.2) is 42.6 Å². The average Bonchev–Trinajstić information content (AvgIpc) is 3.08. The Morgan fingerprint density at radius 2 is 1.83 bits per heavy atom. The van der Waals surface area contributed by atoms with Crippen LogP contribution in [0.3, 0.4) is 0 Å². The maximum absolute atomic E-state index is 14.2. The normalized spacial score (nSPS) is 11.2. The van der Waals surface area contributed by atoms with Crippen molar-refractivity contribution in [2.24, 2.45) is 0 Å². The second kappa shape index (κ2) is 7.91. The van der Waals surface area contributed by atoms with Gasteiger partial charge in [0.15, 0.2) is 23.1 Å². The van der Waals surface area contributed by atoms with Gasteiger partial charge in [-0.15, -0.1) is 0 Å². The van der Waals surface area contributed by atoms with Gasteiger partial charge in [-0.1, -0.05) is 18.2 Å². The molecular formula is C20H21FN8O. The number of anilines is 3. The van der Waals surface area contributed by atoms with Crippen molar-refractivity contribution in [1.29, 1.82) is 0 Å². The Morgan fingerprint density at radius 1 is 1.10 bits per heavy atom. The lowest BCUT2D eigenvalue weighted by atomic mass is 10.2. The third-order valence-electron chi connectivity index (χ3n) is 4.64. The molecule has 10 heteroatoms. The third kappa shape index (κ3) is 3.48. The predicted octanol–water partition coefficient (Wildman–Crippen LogP) is 2.28. The zero-order valence-corrected chi connectivity index (χ0v) is 16.6. The first kappa shape index (κ1) is 19.5. The van der Waals surface area contributed by atoms with E-state index in [-0.39, 0.29) is 36.6 Å². The van der Waals surface area contributed by atoms with Crippen LogP contribution in [-0.2, 0) is 11.3 Å². The van der Waals surface area contributed by atoms with E-state index in [1.54, 1.807) is 54.2 Å². The van der Waals surface area contributed by atoms with Gasteiger partial charge < -0.3 is 21.1 Å². The minimum atomic E-state index is -0.311. The van der Waals surface area contributed by atoms with Gasteiger partial charge in [0, 0.05) is 25.9 Å². The lowest BCUT2D eigenvalue weighted by Crippen LogP contribution is -2.23. The summed E-state index contributed by atoms with van der Waals surface area (Å²) < 4.78 is 20.9. The smallest absolute Gasteiger partial charge is 0.184 e. The quantitative estimate of drug-likeness (QED) is 0.466. The van der Waals surface area contributed by atoms with Crippen molar-refractivity contribution < 1.29 is 9.13 Å². The second-order valence-corrected chi connectivity index (χ2v) is 6.75. The lowest BCUT2D eigenvalue weighted by Gasteiger charge is -2.20. The Morgan fingerprint density at radius 3 is 2.53 bits per heavy atom. The number of benzene rings is 1. The number of pyridine rings is 1. The van der Waals surface area contributed by atoms with Crippen LogP contribution in [0.5, 0.6) is 0 Å². The van der Waals surface area contributed by atoms with E-state index in [2.05, 4.69) is 20.1 Å². The highest BCUT2D eigenvalue weighted by Gasteiger charge is 2.20. The second-order valence-electron chi connectivity index (χ2n) is 6.75. The van der Waals surface area contributed by atoms with E-state index in [1.807, 2.05) is 6.07 Å². The molecule has 4 aromatic rings. The SMILES string of the molecule is COCN(C)c1c(N)nc(-c2nn(Cc3ccccc3F)c3ncccc23)nc1N. The van der Waals surface area contributed by atoms with Gasteiger partial charge in [-0.2, -0.15) is 5.10 Å². The molecule has 4 rings (SSSR count). The number of rotatable bonds is 6. The molecular weight excluding hydrogens is 387 g/mol. The molecule has 3 heterocycles. The number of halogens is 1. The lowest BCUT2D eigenvalue weighted by molar-refractivity contribution is 0.202. The van der Waals surface area contributed by atoms with E-state index >= 15 is 0 Å². The van der Waals surface area contributed by atoms with E-state index in [0.717, 1.165) is 0 Å². The Balaban J connectivity index is 1.81. The molecule has 0 bridgehead atoms. The number of aromatic nitrogens is 5. The molecule has 0 aliphatic heterocycles. The number of nitrogens with zero attached hydrogens (tertiary/aromatic N) is 6. The molecule has 0 spiro atoms. The highest BCUT2D eigenvalue weighted by molar-refractivity contribution is 5.90. The molecule has 0 aliphatic rings. The summed E-state index contributed by atoms with van der Waals surface area (Å²) >= 11 is 0. The molecule has 0 amide bonds. The molecule has 0 saturated carbocycles. The number of nitrogens with two attached hydrogens (primary N) is 2. The van der Waals surface area contributed by atoms with Crippen molar-refractivity contribution in [2.45, 2.75) is 6.54 Å². The first-order valence-corrected chi connectivity index (χ1v) is 9.18. The van der Waals surface area contributed by atoms with Gasteiger partial charge in [-0.05, 0) is 18.2 Å². The highest BCUT2D eigenvalue weighted by Crippen LogP contribution is 2.31. The molecule has 0 radical (unpaired) electrons. The van der Waals surface area contributed by atoms with Crippen molar-refractivity contribution >= 4 is 28.4 Å². The van der Waals surface area contributed by atoms with Gasteiger partial charge in [-0.25, -0.2) is 24.0 Å². The fraction of sp³-hybridized carbons (Fsp3) is 0.200. The number of hydrogen-bond donors (Lipinski definition) is 2. The van der Waals surface area contributed by atoms with E-state index in [9.17, 15) is 4.39 Å². The Bertz CT molecular complexity index is 1190. The molecule has 0 aliphatic carbocycles. The van der Waals surface area contributed by atoms with Gasteiger partial charge in [0.25, 0.3) is 0 Å². The monoisotopic (exact) mass is 408 g/mol. The highest BCUT2D eigenvalue weighted by atomic mass is 19.1. The van der Waals surface area contributed by atoms with Gasteiger partial charge in [0.1, 0.15) is 23.9 Å². The number of hydrogen-bond acceptors (Lipinski definition) is 8. The Labute approximate surface area is 172 Å². The van der Waals surface area contributed by atoms with Crippen molar-refractivity contribution in [3.05, 3.63) is 54.0 Å². The fourth-order valence-corrected chi connectivity index (χ4v) is 3.32. The molecule has 0 fully saturated rings. The van der Waals surface area contributed by atoms with Crippen LogP contribution in [0.2, 0.25) is 0 Å². The summed E-state index contributed by atoms with van der Waals surface area (Å²) in [6.07, 6.45) is 1.65. The zero-order chi connectivity index (χ0) is 21.3. The number of nitrogen functional groups attached to an aromatic ring is 2. The van der Waals surface area contributed by atoms with Crippen LogP contribution in [-0.4, -0.2) is 45.6 Å². The first-order chi connectivity index (χ1) is 14.5. The topological polar surface area (TPSA) is 121 Å². The molecule has 3 aromatic heterocycles. The van der Waals surface area contributed by atoms with Gasteiger partial charge >= 0.3 is 0 Å². The van der Waals surface area contributed by atoms with Crippen LogP contribution in [0.25, 0.3) is 22.6 Å². The van der Waals surface area contributed by atoms with E-state index in [4.69, 9.17) is 16.2 Å². The molecule has 30 heavy (non-hydrogen) atoms. The van der Waals surface area contributed by atoms with Gasteiger partial charge in [0.2, 0.25) is 0 Å². The summed E-state index contributed by atoms with van der Waals surface area (Å²) in [6.45, 7) is 0.487. The molecule has 0 saturated heterocycles. The van der Waals surface area contributed by atoms with Crippen LogP contribution >= 0.6 is 0 Å². The summed E-state index contributed by atoms with van der Waals surface area (Å²) in [7, 11) is 3.34. The molecule has 0 unspecified atom stereocenters. The fourth-order valence-electron chi connectivity index (χ4n) is 3.32. The van der Waals surface area contributed by atoms with Crippen molar-refractivity contribution in [3.63, 3.8) is 0 Å². The van der Waals surface area contributed by atoms with Crippen molar-refractivity contribution in [1.82, 2.24) is 24.7 Å². The zero-order valence-electron chi connectivity index (χ0n) is 16.6. The summed E-state index contributed by atoms with van der Waals surface area (Å²) in [5, 5.41) is 5.32. The van der Waals surface area contributed by atoms with Crippen LogP contribution < -0.4 is 16.4 Å². The predicted molar refractivity (Wildman–Crippen MR) is 113 cm³/mol. The summed E-state index contributed by atoms with van der Waals surface area (Å²) in [6, 6.07) is 10.2. The van der Waals surface area contributed by atoms with E-state index in [1.165, 1.54) is 6.07 Å². The van der Waals surface area contributed by atoms with E-state index in [0.29, 0.717) is 28.0 Å². The minimum absolute atomic E-state index is 0.206. The number of fused-ring (bicyclic) bond motifs is 1. The molecule has 0 atom stereocenters. The van der Waals surface area contributed by atoms with Gasteiger partial charge in [-0.3, -0.25) is 0 Å². The summed E-state index contributed by atoms with van der Waals surface area (Å²) in [4.78, 5) is 14.9. The molecule has 154 valence electrons. The first-order valence-electron chi connectivity index (χ1n) is 9.18. The third-order valence-corrected chi connectivity index (χ3v) is 4.64. The summed E-state index contributed by atoms with van der Waals surface area (Å²) in [5.41, 5.74) is 14.3. The maximum atomic E-state index is 14.2. The van der Waals surface area contributed by atoms with Gasteiger partial charge in [0.05, 0.1) is 11.9 Å². The van der Waals surface area contributed by atoms with Crippen LogP contribution in [0.4, 0.5) is 21.7 Å². The van der Waals surface area contributed by atoms with Crippen LogP contribution in [0.1, 0.15) is 5.56 Å². The number of methoxy groups -OCH3 is 1.